The summed E-state index contributed by atoms with van der Waals surface area (Å²) >= 11 is 0. The first-order valence-electron chi connectivity index (χ1n) is 7.91. The zero-order chi connectivity index (χ0) is 20.5. The number of nitrogens with one attached hydrogen (secondary N) is 2. The first-order valence-corrected chi connectivity index (χ1v) is 9.39. The van der Waals surface area contributed by atoms with Gasteiger partial charge >= 0.3 is 6.18 Å². The third-order valence-corrected chi connectivity index (χ3v) is 5.05. The third kappa shape index (κ3) is 5.80. The maximum Gasteiger partial charge on any atom is 0.416 e. The van der Waals surface area contributed by atoms with Gasteiger partial charge in [-0.2, -0.15) is 13.2 Å². The van der Waals surface area contributed by atoms with Crippen LogP contribution in [0.5, 0.6) is 0 Å². The Bertz CT molecular complexity index is 949. The number of amides is 1. The quantitative estimate of drug-likeness (QED) is 0.814. The molecule has 2 aromatic carbocycles. The molecule has 5 nitrogen and oxygen atoms in total. The Morgan fingerprint density at radius 3 is 2.19 bits per heavy atom. The molecule has 0 unspecified atom stereocenters. The van der Waals surface area contributed by atoms with Crippen molar-refractivity contribution in [3.05, 3.63) is 59.7 Å². The highest BCUT2D eigenvalue weighted by atomic mass is 32.2. The van der Waals surface area contributed by atoms with Crippen LogP contribution in [0, 0.1) is 0 Å². The molecule has 2 N–H and O–H groups in total. The van der Waals surface area contributed by atoms with Gasteiger partial charge in [-0.15, -0.1) is 0 Å². The molecule has 2 aromatic rings. The molecular weight excluding hydrogens is 381 g/mol. The molecule has 0 radical (unpaired) electrons. The second-order valence-electron chi connectivity index (χ2n) is 6.92. The van der Waals surface area contributed by atoms with Crippen LogP contribution in [-0.2, 0) is 16.2 Å². The summed E-state index contributed by atoms with van der Waals surface area (Å²) in [4.78, 5) is 12.2. The maximum atomic E-state index is 12.8. The summed E-state index contributed by atoms with van der Waals surface area (Å²) in [6, 6.07) is 9.44. The predicted molar refractivity (Wildman–Crippen MR) is 95.9 cm³/mol. The Hall–Kier alpha value is -2.39. The van der Waals surface area contributed by atoms with E-state index in [2.05, 4.69) is 10.0 Å². The molecule has 0 atom stereocenters. The van der Waals surface area contributed by atoms with Crippen molar-refractivity contribution in [2.75, 3.05) is 5.32 Å². The van der Waals surface area contributed by atoms with E-state index >= 15 is 0 Å². The summed E-state index contributed by atoms with van der Waals surface area (Å²) in [6.45, 7) is 5.03. The Balaban J connectivity index is 2.26. The van der Waals surface area contributed by atoms with Crippen molar-refractivity contribution in [3.63, 3.8) is 0 Å². The molecule has 0 spiro atoms. The average Bonchev–Trinajstić information content (AvgIpc) is 2.52. The van der Waals surface area contributed by atoms with Gasteiger partial charge in [0.1, 0.15) is 0 Å². The molecule has 0 saturated heterocycles. The molecule has 1 amide bonds. The molecule has 2 rings (SSSR count). The number of benzene rings is 2. The van der Waals surface area contributed by atoms with Crippen LogP contribution < -0.4 is 10.0 Å². The highest BCUT2D eigenvalue weighted by Crippen LogP contribution is 2.30. The number of rotatable bonds is 4. The van der Waals surface area contributed by atoms with Crippen LogP contribution in [0.25, 0.3) is 0 Å². The normalized spacial score (nSPS) is 12.7. The Morgan fingerprint density at radius 1 is 0.963 bits per heavy atom. The van der Waals surface area contributed by atoms with Crippen LogP contribution in [0.1, 0.15) is 36.7 Å². The molecule has 146 valence electrons. The fourth-order valence-corrected chi connectivity index (χ4v) is 3.71. The van der Waals surface area contributed by atoms with E-state index in [1.165, 1.54) is 30.3 Å². The van der Waals surface area contributed by atoms with Crippen LogP contribution in [0.2, 0.25) is 0 Å². The van der Waals surface area contributed by atoms with Crippen LogP contribution >= 0.6 is 0 Å². The van der Waals surface area contributed by atoms with Crippen molar-refractivity contribution in [2.24, 2.45) is 0 Å². The second kappa shape index (κ2) is 7.32. The van der Waals surface area contributed by atoms with Gasteiger partial charge in [-0.25, -0.2) is 13.1 Å². The minimum Gasteiger partial charge on any atom is -0.322 e. The largest absolute Gasteiger partial charge is 0.416 e. The Morgan fingerprint density at radius 2 is 1.59 bits per heavy atom. The fraction of sp³-hybridized carbons (Fsp3) is 0.278. The summed E-state index contributed by atoms with van der Waals surface area (Å²) in [5, 5.41) is 2.34. The number of carbonyl (C=O) groups is 1. The second-order valence-corrected chi connectivity index (χ2v) is 8.60. The van der Waals surface area contributed by atoms with Crippen LogP contribution in [-0.4, -0.2) is 19.9 Å². The highest BCUT2D eigenvalue weighted by Gasteiger charge is 2.30. The zero-order valence-corrected chi connectivity index (χ0v) is 15.7. The topological polar surface area (TPSA) is 75.3 Å². The lowest BCUT2D eigenvalue weighted by molar-refractivity contribution is -0.137. The van der Waals surface area contributed by atoms with Crippen LogP contribution in [0.3, 0.4) is 0 Å². The Kier molecular flexibility index (Phi) is 5.67. The summed E-state index contributed by atoms with van der Waals surface area (Å²) in [6.07, 6.45) is -4.53. The van der Waals surface area contributed by atoms with E-state index in [0.717, 1.165) is 18.2 Å². The minimum absolute atomic E-state index is 0.00389. The number of sulfonamides is 1. The first-order chi connectivity index (χ1) is 12.3. The van der Waals surface area contributed by atoms with Crippen molar-refractivity contribution in [1.29, 1.82) is 0 Å². The number of carbonyl (C=O) groups excluding carboxylic acids is 1. The lowest BCUT2D eigenvalue weighted by Crippen LogP contribution is -2.40. The third-order valence-electron chi connectivity index (χ3n) is 3.29. The number of alkyl halides is 3. The molecular formula is C18H19F3N2O3S. The van der Waals surface area contributed by atoms with Gasteiger partial charge in [0, 0.05) is 16.8 Å². The van der Waals surface area contributed by atoms with Gasteiger partial charge in [-0.05, 0) is 57.2 Å². The SMILES string of the molecule is CC(C)(C)NS(=O)(=O)c1cccc(C(=O)Nc2cccc(C(F)(F)F)c2)c1. The summed E-state index contributed by atoms with van der Waals surface area (Å²) in [7, 11) is -3.85. The van der Waals surface area contributed by atoms with Crippen LogP contribution in [0.4, 0.5) is 18.9 Å². The first kappa shape index (κ1) is 20.9. The molecule has 0 aromatic heterocycles. The number of anilines is 1. The van der Waals surface area contributed by atoms with Gasteiger partial charge in [-0.1, -0.05) is 12.1 Å². The average molecular weight is 400 g/mol. The number of hydrogen-bond donors (Lipinski definition) is 2. The van der Waals surface area contributed by atoms with Crippen molar-refractivity contribution >= 4 is 21.6 Å². The smallest absolute Gasteiger partial charge is 0.322 e. The van der Waals surface area contributed by atoms with Gasteiger partial charge in [0.25, 0.3) is 5.91 Å². The molecule has 0 saturated carbocycles. The van der Waals surface area contributed by atoms with E-state index in [1.54, 1.807) is 20.8 Å². The summed E-state index contributed by atoms with van der Waals surface area (Å²) in [5.41, 5.74) is -1.65. The lowest BCUT2D eigenvalue weighted by Gasteiger charge is -2.20. The van der Waals surface area contributed by atoms with E-state index in [0.29, 0.717) is 0 Å². The summed E-state index contributed by atoms with van der Waals surface area (Å²) < 4.78 is 65.5. The molecule has 9 heteroatoms. The van der Waals surface area contributed by atoms with Gasteiger partial charge in [0.05, 0.1) is 10.5 Å². The lowest BCUT2D eigenvalue weighted by atomic mass is 10.1. The molecule has 0 aliphatic carbocycles. The zero-order valence-electron chi connectivity index (χ0n) is 14.9. The van der Waals surface area contributed by atoms with E-state index in [-0.39, 0.29) is 16.1 Å². The molecule has 0 bridgehead atoms. The maximum absolute atomic E-state index is 12.8. The molecule has 27 heavy (non-hydrogen) atoms. The predicted octanol–water partition coefficient (Wildman–Crippen LogP) is 4.03. The van der Waals surface area contributed by atoms with Gasteiger partial charge in [-0.3, -0.25) is 4.79 Å². The van der Waals surface area contributed by atoms with E-state index in [4.69, 9.17) is 0 Å². The van der Waals surface area contributed by atoms with E-state index in [9.17, 15) is 26.4 Å². The van der Waals surface area contributed by atoms with Gasteiger partial charge in [0.15, 0.2) is 0 Å². The molecule has 0 fully saturated rings. The highest BCUT2D eigenvalue weighted by molar-refractivity contribution is 7.89. The minimum atomic E-state index is -4.53. The van der Waals surface area contributed by atoms with Gasteiger partial charge in [0.2, 0.25) is 10.0 Å². The van der Waals surface area contributed by atoms with E-state index in [1.807, 2.05) is 0 Å². The van der Waals surface area contributed by atoms with Crippen LogP contribution in [0.15, 0.2) is 53.4 Å². The van der Waals surface area contributed by atoms with Crippen molar-refractivity contribution < 1.29 is 26.4 Å². The summed E-state index contributed by atoms with van der Waals surface area (Å²) in [5.74, 6) is -0.720. The standard InChI is InChI=1S/C18H19F3N2O3S/c1-17(2,3)23-27(25,26)15-9-4-6-12(10-15)16(24)22-14-8-5-7-13(11-14)18(19,20)21/h4-11,23H,1-3H3,(H,22,24). The number of hydrogen-bond acceptors (Lipinski definition) is 3. The van der Waals surface area contributed by atoms with Crippen molar-refractivity contribution in [2.45, 2.75) is 37.4 Å². The van der Waals surface area contributed by atoms with Crippen molar-refractivity contribution in [3.8, 4) is 0 Å². The number of halogens is 3. The molecule has 0 heterocycles. The van der Waals surface area contributed by atoms with Crippen molar-refractivity contribution in [1.82, 2.24) is 4.72 Å². The van der Waals surface area contributed by atoms with Gasteiger partial charge < -0.3 is 5.32 Å². The monoisotopic (exact) mass is 400 g/mol. The molecule has 0 aliphatic heterocycles. The Labute approximate surface area is 155 Å². The van der Waals surface area contributed by atoms with E-state index < -0.39 is 33.2 Å². The molecule has 0 aliphatic rings. The fourth-order valence-electron chi connectivity index (χ4n) is 2.24.